The summed E-state index contributed by atoms with van der Waals surface area (Å²) < 4.78 is 7.39. The van der Waals surface area contributed by atoms with Crippen molar-refractivity contribution in [2.45, 2.75) is 63.2 Å². The highest BCUT2D eigenvalue weighted by atomic mass is 16.5. The quantitative estimate of drug-likeness (QED) is 0.330. The third kappa shape index (κ3) is 5.63. The second-order valence-corrected chi connectivity index (χ2v) is 8.49. The summed E-state index contributed by atoms with van der Waals surface area (Å²) in [6.45, 7) is 6.97. The number of rotatable bonds is 10. The molecule has 3 aromatic rings. The minimum atomic E-state index is 0.568. The lowest BCUT2D eigenvalue weighted by atomic mass is 10.1. The lowest BCUT2D eigenvalue weighted by molar-refractivity contribution is 0.369. The maximum absolute atomic E-state index is 5.34. The number of nitrogens with one attached hydrogen (secondary N) is 1. The third-order valence-corrected chi connectivity index (χ3v) is 5.89. The molecule has 31 heavy (non-hydrogen) atoms. The molecule has 5 rings (SSSR count). The number of nitrogens with zero attached hydrogens (tertiary/aromatic N) is 4. The van der Waals surface area contributed by atoms with E-state index in [1.165, 1.54) is 36.9 Å². The molecule has 6 nitrogen and oxygen atoms in total. The average molecular weight is 420 g/mol. The zero-order valence-corrected chi connectivity index (χ0v) is 18.5. The zero-order valence-electron chi connectivity index (χ0n) is 18.5. The molecule has 0 amide bonds. The van der Waals surface area contributed by atoms with E-state index in [1.54, 1.807) is 0 Å². The Labute approximate surface area is 184 Å². The Kier molecular flexibility index (Phi) is 6.85. The lowest BCUT2D eigenvalue weighted by Crippen LogP contribution is -2.02. The predicted molar refractivity (Wildman–Crippen MR) is 124 cm³/mol. The van der Waals surface area contributed by atoms with Crippen LogP contribution in [0, 0.1) is 0 Å². The maximum Gasteiger partial charge on any atom is 0.226 e. The molecular weight excluding hydrogens is 386 g/mol. The Morgan fingerprint density at radius 3 is 2.65 bits per heavy atom. The molecule has 2 aliphatic carbocycles. The van der Waals surface area contributed by atoms with Crippen molar-refractivity contribution in [2.75, 3.05) is 11.9 Å². The zero-order chi connectivity index (χ0) is 21.6. The van der Waals surface area contributed by atoms with Crippen LogP contribution in [-0.2, 0) is 13.5 Å². The Morgan fingerprint density at radius 1 is 1.06 bits per heavy atom. The predicted octanol–water partition coefficient (Wildman–Crippen LogP) is 5.85. The highest BCUT2D eigenvalue weighted by Crippen LogP contribution is 2.41. The van der Waals surface area contributed by atoms with Gasteiger partial charge in [0.05, 0.1) is 5.69 Å². The molecule has 1 N–H and O–H groups in total. The van der Waals surface area contributed by atoms with Crippen molar-refractivity contribution in [3.63, 3.8) is 0 Å². The van der Waals surface area contributed by atoms with Crippen LogP contribution in [-0.4, -0.2) is 26.5 Å². The molecule has 6 heteroatoms. The molecule has 0 atom stereocenters. The summed E-state index contributed by atoms with van der Waals surface area (Å²) in [6.07, 6.45) is 9.29. The molecule has 2 aliphatic rings. The van der Waals surface area contributed by atoms with Gasteiger partial charge in [-0.1, -0.05) is 23.7 Å². The van der Waals surface area contributed by atoms with Gasteiger partial charge in [0.2, 0.25) is 5.89 Å². The number of aromatic nitrogens is 4. The number of aryl methyl sites for hydroxylation is 2. The van der Waals surface area contributed by atoms with Gasteiger partial charge < -0.3 is 9.84 Å². The van der Waals surface area contributed by atoms with Crippen LogP contribution in [0.1, 0.15) is 74.2 Å². The van der Waals surface area contributed by atoms with Crippen LogP contribution in [0.25, 0.3) is 11.3 Å². The first-order valence-electron chi connectivity index (χ1n) is 11.5. The number of hydrogen-bond donors (Lipinski definition) is 1. The van der Waals surface area contributed by atoms with E-state index < -0.39 is 0 Å². The molecule has 1 aromatic carbocycles. The van der Waals surface area contributed by atoms with E-state index in [0.29, 0.717) is 5.92 Å². The van der Waals surface area contributed by atoms with E-state index in [4.69, 9.17) is 9.62 Å². The molecule has 164 valence electrons. The summed E-state index contributed by atoms with van der Waals surface area (Å²) in [5, 5.41) is 12.4. The maximum atomic E-state index is 5.34. The minimum absolute atomic E-state index is 0.568. The van der Waals surface area contributed by atoms with E-state index in [2.05, 4.69) is 66.0 Å². The van der Waals surface area contributed by atoms with Crippen molar-refractivity contribution in [3.8, 4) is 11.3 Å². The molecule has 0 spiro atoms. The Bertz CT molecular complexity index is 983. The van der Waals surface area contributed by atoms with E-state index in [1.807, 2.05) is 4.68 Å². The normalized spacial score (nSPS) is 15.4. The molecule has 0 bridgehead atoms. The van der Waals surface area contributed by atoms with E-state index in [-0.39, 0.29) is 0 Å². The van der Waals surface area contributed by atoms with Crippen molar-refractivity contribution < 1.29 is 4.52 Å². The van der Waals surface area contributed by atoms with Crippen molar-refractivity contribution in [2.24, 2.45) is 7.05 Å². The van der Waals surface area contributed by atoms with Crippen LogP contribution < -0.4 is 5.32 Å². The molecule has 2 fully saturated rings. The van der Waals surface area contributed by atoms with Gasteiger partial charge >= 0.3 is 0 Å². The van der Waals surface area contributed by atoms with E-state index in [0.717, 1.165) is 61.2 Å². The first kappa shape index (κ1) is 21.3. The summed E-state index contributed by atoms with van der Waals surface area (Å²) in [5.41, 5.74) is 4.78. The summed E-state index contributed by atoms with van der Waals surface area (Å²) >= 11 is 0. The van der Waals surface area contributed by atoms with Gasteiger partial charge in [0.25, 0.3) is 0 Å². The van der Waals surface area contributed by atoms with Gasteiger partial charge in [0.1, 0.15) is 0 Å². The fourth-order valence-electron chi connectivity index (χ4n) is 3.86. The van der Waals surface area contributed by atoms with Crippen LogP contribution in [0.5, 0.6) is 0 Å². The van der Waals surface area contributed by atoms with Gasteiger partial charge in [-0.3, -0.25) is 4.68 Å². The molecule has 0 unspecified atom stereocenters. The van der Waals surface area contributed by atoms with Crippen molar-refractivity contribution in [1.82, 2.24) is 19.9 Å². The van der Waals surface area contributed by atoms with Crippen LogP contribution in [0.2, 0.25) is 0 Å². The number of anilines is 1. The first-order chi connectivity index (χ1) is 15.3. The van der Waals surface area contributed by atoms with Crippen LogP contribution in [0.15, 0.2) is 48.0 Å². The smallest absolute Gasteiger partial charge is 0.226 e. The second-order valence-electron chi connectivity index (χ2n) is 8.49. The summed E-state index contributed by atoms with van der Waals surface area (Å²) in [5.74, 6) is 3.00. The summed E-state index contributed by atoms with van der Waals surface area (Å²) in [7, 11) is 2.06. The van der Waals surface area contributed by atoms with Crippen molar-refractivity contribution >= 4 is 5.69 Å². The average Bonchev–Trinajstić information content (AvgIpc) is 3.74. The largest absolute Gasteiger partial charge is 0.385 e. The molecule has 0 radical (unpaired) electrons. The molecule has 2 aromatic heterocycles. The Balaban J connectivity index is 0.00000112. The van der Waals surface area contributed by atoms with Gasteiger partial charge in [0, 0.05) is 48.8 Å². The van der Waals surface area contributed by atoms with E-state index in [9.17, 15) is 0 Å². The van der Waals surface area contributed by atoms with Gasteiger partial charge in [-0.2, -0.15) is 10.1 Å². The van der Waals surface area contributed by atoms with Crippen molar-refractivity contribution in [1.29, 1.82) is 0 Å². The van der Waals surface area contributed by atoms with Gasteiger partial charge in [-0.15, -0.1) is 13.2 Å². The fraction of sp³-hybridized carbons (Fsp3) is 0.480. The Morgan fingerprint density at radius 2 is 1.87 bits per heavy atom. The molecule has 2 saturated carbocycles. The molecule has 2 heterocycles. The summed E-state index contributed by atoms with van der Waals surface area (Å²) in [4.78, 5) is 4.50. The first-order valence-corrected chi connectivity index (χ1v) is 11.5. The highest BCUT2D eigenvalue weighted by Gasteiger charge is 2.28. The monoisotopic (exact) mass is 419 g/mol. The van der Waals surface area contributed by atoms with Gasteiger partial charge in [-0.25, -0.2) is 0 Å². The molecule has 0 aliphatic heterocycles. The van der Waals surface area contributed by atoms with Crippen LogP contribution in [0.4, 0.5) is 5.69 Å². The van der Waals surface area contributed by atoms with Crippen LogP contribution in [0.3, 0.4) is 0 Å². The Hall–Kier alpha value is -2.89. The van der Waals surface area contributed by atoms with Crippen LogP contribution >= 0.6 is 0 Å². The second kappa shape index (κ2) is 9.94. The SMILES string of the molecule is C=C.Cn1nc(-c2cccc(NCCCCCc3nc(C4CC4)no3)c2)cc1C1CC1. The minimum Gasteiger partial charge on any atom is -0.385 e. The molecule has 0 saturated heterocycles. The highest BCUT2D eigenvalue weighted by molar-refractivity contribution is 5.65. The number of benzene rings is 1. The summed E-state index contributed by atoms with van der Waals surface area (Å²) in [6, 6.07) is 10.8. The van der Waals surface area contributed by atoms with Crippen molar-refractivity contribution in [3.05, 3.63) is 60.9 Å². The van der Waals surface area contributed by atoms with Gasteiger partial charge in [0.15, 0.2) is 5.82 Å². The van der Waals surface area contributed by atoms with E-state index >= 15 is 0 Å². The number of hydrogen-bond acceptors (Lipinski definition) is 5. The standard InChI is InChI=1S/C23H29N5O.C2H4/c1-28-21(16-9-10-16)15-20(26-28)18-6-5-7-19(14-18)24-13-4-2-3-8-22-25-23(27-29-22)17-11-12-17;1-2/h5-7,14-17,24H,2-4,8-13H2,1H3;1-2H2. The topological polar surface area (TPSA) is 68.8 Å². The fourth-order valence-corrected chi connectivity index (χ4v) is 3.86. The molecular formula is C25H33N5O. The lowest BCUT2D eigenvalue weighted by Gasteiger charge is -2.07. The van der Waals surface area contributed by atoms with Gasteiger partial charge in [-0.05, 0) is 56.7 Å². The number of unbranched alkanes of at least 4 members (excludes halogenated alkanes) is 2. The third-order valence-electron chi connectivity index (χ3n) is 5.89.